The normalized spacial score (nSPS) is 11.6. The van der Waals surface area contributed by atoms with E-state index in [1.54, 1.807) is 0 Å². The van der Waals surface area contributed by atoms with Crippen molar-refractivity contribution in [2.45, 2.75) is 0 Å². The maximum Gasteiger partial charge on any atom is 0.101 e. The Balaban J connectivity index is 1.51. The summed E-state index contributed by atoms with van der Waals surface area (Å²) in [6.45, 7) is 0. The minimum Gasteiger partial charge on any atom is -0.309 e. The molecule has 49 heavy (non-hydrogen) atoms. The van der Waals surface area contributed by atoms with E-state index in [4.69, 9.17) is 0 Å². The van der Waals surface area contributed by atoms with Crippen molar-refractivity contribution in [3.8, 4) is 29.2 Å². The fraction of sp³-hybridized carbons (Fsp3) is 0. The molecule has 5 nitrogen and oxygen atoms in total. The van der Waals surface area contributed by atoms with Gasteiger partial charge in [-0.3, -0.25) is 0 Å². The van der Waals surface area contributed by atoms with Gasteiger partial charge in [0.1, 0.15) is 6.07 Å². The predicted molar refractivity (Wildman–Crippen MR) is 199 cm³/mol. The summed E-state index contributed by atoms with van der Waals surface area (Å²) < 4.78 is 6.85. The minimum absolute atomic E-state index is 0.607. The van der Waals surface area contributed by atoms with Crippen LogP contribution >= 0.6 is 0 Å². The number of nitrogens with zero attached hydrogens (tertiary/aromatic N) is 5. The Morgan fingerprint density at radius 3 is 1.59 bits per heavy atom. The molecule has 0 saturated heterocycles. The third-order valence-electron chi connectivity index (χ3n) is 9.88. The fourth-order valence-corrected chi connectivity index (χ4v) is 7.99. The quantitative estimate of drug-likeness (QED) is 0.197. The Morgan fingerprint density at radius 1 is 0.367 bits per heavy atom. The summed E-state index contributed by atoms with van der Waals surface area (Å²) in [5.41, 5.74) is 10.2. The average Bonchev–Trinajstić information content (AvgIpc) is 3.80. The zero-order valence-corrected chi connectivity index (χ0v) is 26.2. The summed E-state index contributed by atoms with van der Waals surface area (Å²) in [7, 11) is 0. The highest BCUT2D eigenvalue weighted by atomic mass is 15.0. The van der Waals surface area contributed by atoms with E-state index in [2.05, 4.69) is 135 Å². The lowest BCUT2D eigenvalue weighted by Crippen LogP contribution is -1.97. The molecule has 0 aliphatic heterocycles. The SMILES string of the molecule is N#Cc1ccccc1-n1c2ccccc2c2c1ccc1c3c(C#N)cc4c(c5ccccc5n4-c4ccccc4)c3n(-c3ccccc3)c12. The van der Waals surface area contributed by atoms with Gasteiger partial charge in [-0.25, -0.2) is 0 Å². The zero-order valence-electron chi connectivity index (χ0n) is 26.2. The Hall–Kier alpha value is -7.08. The molecule has 10 aromatic rings. The monoisotopic (exact) mass is 623 g/mol. The molecule has 0 amide bonds. The zero-order chi connectivity index (χ0) is 32.6. The van der Waals surface area contributed by atoms with Crippen LogP contribution in [0.3, 0.4) is 0 Å². The van der Waals surface area contributed by atoms with Crippen LogP contribution in [0.2, 0.25) is 0 Å². The number of fused-ring (bicyclic) bond motifs is 11. The Labute approximate surface area is 280 Å². The van der Waals surface area contributed by atoms with Gasteiger partial charge in [-0.1, -0.05) is 91.0 Å². The van der Waals surface area contributed by atoms with E-state index >= 15 is 0 Å². The maximum atomic E-state index is 10.9. The molecule has 0 bridgehead atoms. The van der Waals surface area contributed by atoms with Crippen LogP contribution in [0, 0.1) is 22.7 Å². The molecule has 0 aliphatic rings. The van der Waals surface area contributed by atoms with Gasteiger partial charge < -0.3 is 13.7 Å². The Kier molecular flexibility index (Phi) is 5.64. The lowest BCUT2D eigenvalue weighted by atomic mass is 10.0. The van der Waals surface area contributed by atoms with Gasteiger partial charge in [0.15, 0.2) is 0 Å². The molecular formula is C44H25N5. The summed E-state index contributed by atoms with van der Waals surface area (Å²) in [6, 6.07) is 56.9. The topological polar surface area (TPSA) is 62.4 Å². The molecule has 0 atom stereocenters. The van der Waals surface area contributed by atoms with Crippen molar-refractivity contribution in [2.75, 3.05) is 0 Å². The van der Waals surface area contributed by atoms with Crippen LogP contribution < -0.4 is 0 Å². The Bertz CT molecular complexity index is 3050. The maximum absolute atomic E-state index is 10.9. The number of nitriles is 2. The van der Waals surface area contributed by atoms with E-state index in [1.165, 1.54) is 0 Å². The first-order valence-electron chi connectivity index (χ1n) is 16.3. The number of aromatic nitrogens is 3. The molecule has 226 valence electrons. The van der Waals surface area contributed by atoms with E-state index in [-0.39, 0.29) is 0 Å². The van der Waals surface area contributed by atoms with Gasteiger partial charge in [-0.15, -0.1) is 0 Å². The average molecular weight is 624 g/mol. The third-order valence-corrected chi connectivity index (χ3v) is 9.88. The summed E-state index contributed by atoms with van der Waals surface area (Å²) in [4.78, 5) is 0. The van der Waals surface area contributed by atoms with Gasteiger partial charge >= 0.3 is 0 Å². The Morgan fingerprint density at radius 2 is 0.918 bits per heavy atom. The molecular weight excluding hydrogens is 599 g/mol. The second-order valence-electron chi connectivity index (χ2n) is 12.4. The fourth-order valence-electron chi connectivity index (χ4n) is 7.99. The molecule has 0 radical (unpaired) electrons. The van der Waals surface area contributed by atoms with Gasteiger partial charge in [-0.2, -0.15) is 10.5 Å². The molecule has 0 saturated carbocycles. The minimum atomic E-state index is 0.607. The third kappa shape index (κ3) is 3.62. The first-order chi connectivity index (χ1) is 24.3. The van der Waals surface area contributed by atoms with Gasteiger partial charge in [0.25, 0.3) is 0 Å². The van der Waals surface area contributed by atoms with Crippen LogP contribution in [0.4, 0.5) is 0 Å². The van der Waals surface area contributed by atoms with Crippen LogP contribution in [-0.4, -0.2) is 13.7 Å². The molecule has 0 spiro atoms. The lowest BCUT2D eigenvalue weighted by Gasteiger charge is -2.11. The van der Waals surface area contributed by atoms with Crippen molar-refractivity contribution in [3.05, 3.63) is 163 Å². The van der Waals surface area contributed by atoms with Gasteiger partial charge in [0.05, 0.1) is 56.0 Å². The molecule has 3 aromatic heterocycles. The highest BCUT2D eigenvalue weighted by Gasteiger charge is 2.26. The van der Waals surface area contributed by atoms with Crippen LogP contribution in [0.15, 0.2) is 152 Å². The van der Waals surface area contributed by atoms with Crippen molar-refractivity contribution in [3.63, 3.8) is 0 Å². The molecule has 0 N–H and O–H groups in total. The molecule has 10 rings (SSSR count). The van der Waals surface area contributed by atoms with Crippen molar-refractivity contribution >= 4 is 65.4 Å². The molecule has 0 aliphatic carbocycles. The molecule has 3 heterocycles. The smallest absolute Gasteiger partial charge is 0.101 e. The number of benzene rings is 7. The summed E-state index contributed by atoms with van der Waals surface area (Å²) in [5.74, 6) is 0. The van der Waals surface area contributed by atoms with E-state index in [0.717, 1.165) is 82.5 Å². The second kappa shape index (κ2) is 10.2. The van der Waals surface area contributed by atoms with E-state index < -0.39 is 0 Å². The molecule has 7 aromatic carbocycles. The number of para-hydroxylation sites is 5. The first kappa shape index (κ1) is 27.1. The number of hydrogen-bond donors (Lipinski definition) is 0. The van der Waals surface area contributed by atoms with E-state index in [1.807, 2.05) is 42.5 Å². The van der Waals surface area contributed by atoms with Crippen LogP contribution in [0.25, 0.3) is 82.5 Å². The van der Waals surface area contributed by atoms with Crippen molar-refractivity contribution in [2.24, 2.45) is 0 Å². The van der Waals surface area contributed by atoms with E-state index in [0.29, 0.717) is 11.1 Å². The van der Waals surface area contributed by atoms with Crippen molar-refractivity contribution in [1.29, 1.82) is 10.5 Å². The van der Waals surface area contributed by atoms with Crippen LogP contribution in [0.5, 0.6) is 0 Å². The summed E-state index contributed by atoms with van der Waals surface area (Å²) in [6.07, 6.45) is 0. The highest BCUT2D eigenvalue weighted by Crippen LogP contribution is 2.47. The predicted octanol–water partition coefficient (Wildman–Crippen LogP) is 10.7. The number of hydrogen-bond acceptors (Lipinski definition) is 2. The van der Waals surface area contributed by atoms with Gasteiger partial charge in [0.2, 0.25) is 0 Å². The standard InChI is InChI=1S/C44H25N5/c45-26-28-13-7-10-20-35(28)49-37-22-12-9-19-33(37)41-38(49)24-23-34-40-29(27-46)25-39-42(44(40)48(43(34)41)31-16-5-2-6-17-31)32-18-8-11-21-36(32)47(39)30-14-3-1-4-15-30/h1-25H. The van der Waals surface area contributed by atoms with Crippen molar-refractivity contribution < 1.29 is 0 Å². The number of rotatable bonds is 3. The summed E-state index contributed by atoms with van der Waals surface area (Å²) in [5, 5.41) is 27.3. The second-order valence-corrected chi connectivity index (χ2v) is 12.4. The molecule has 0 unspecified atom stereocenters. The van der Waals surface area contributed by atoms with Crippen LogP contribution in [-0.2, 0) is 0 Å². The highest BCUT2D eigenvalue weighted by molar-refractivity contribution is 6.32. The largest absolute Gasteiger partial charge is 0.309 e. The van der Waals surface area contributed by atoms with Gasteiger partial charge in [0, 0.05) is 43.7 Å². The molecule has 0 fully saturated rings. The van der Waals surface area contributed by atoms with E-state index in [9.17, 15) is 10.5 Å². The molecule has 5 heteroatoms. The van der Waals surface area contributed by atoms with Crippen LogP contribution in [0.1, 0.15) is 11.1 Å². The summed E-state index contributed by atoms with van der Waals surface area (Å²) >= 11 is 0. The van der Waals surface area contributed by atoms with Crippen molar-refractivity contribution in [1.82, 2.24) is 13.7 Å². The lowest BCUT2D eigenvalue weighted by molar-refractivity contribution is 1.16. The first-order valence-corrected chi connectivity index (χ1v) is 16.3. The van der Waals surface area contributed by atoms with Gasteiger partial charge in [-0.05, 0) is 60.7 Å².